The molecule has 0 amide bonds. The number of thiocarbonyl (C=S) groups is 1. The molecule has 0 radical (unpaired) electrons. The topological polar surface area (TPSA) is 62.9 Å². The summed E-state index contributed by atoms with van der Waals surface area (Å²) in [5.41, 5.74) is 1.63. The van der Waals surface area contributed by atoms with Crippen LogP contribution in [0.25, 0.3) is 0 Å². The van der Waals surface area contributed by atoms with Crippen molar-refractivity contribution < 1.29 is 14.2 Å². The van der Waals surface area contributed by atoms with Gasteiger partial charge in [-0.3, -0.25) is 10.1 Å². The highest BCUT2D eigenvalue weighted by Gasteiger charge is 2.22. The average molecular weight is 375 g/mol. The van der Waals surface area contributed by atoms with Gasteiger partial charge in [-0.1, -0.05) is 18.2 Å². The Labute approximate surface area is 156 Å². The van der Waals surface area contributed by atoms with Gasteiger partial charge >= 0.3 is 0 Å². The van der Waals surface area contributed by atoms with Crippen LogP contribution in [0.3, 0.4) is 0 Å². The Bertz CT molecular complexity index is 809. The Hall–Kier alpha value is -2.58. The molecule has 8 heteroatoms. The van der Waals surface area contributed by atoms with Crippen molar-refractivity contribution in [1.82, 2.24) is 4.90 Å². The maximum atomic E-state index is 13.3. The molecule has 6 nitrogen and oxygen atoms in total. The summed E-state index contributed by atoms with van der Waals surface area (Å²) in [5, 5.41) is 14.5. The predicted octanol–water partition coefficient (Wildman–Crippen LogP) is 1.83. The van der Waals surface area contributed by atoms with Gasteiger partial charge in [0.15, 0.2) is 5.11 Å². The van der Waals surface area contributed by atoms with E-state index in [1.807, 2.05) is 6.07 Å². The highest BCUT2D eigenvalue weighted by Crippen LogP contribution is 2.17. The van der Waals surface area contributed by atoms with Crippen molar-refractivity contribution in [3.8, 4) is 0 Å². The molecule has 1 aliphatic heterocycles. The number of piperazine rings is 1. The van der Waals surface area contributed by atoms with Crippen LogP contribution in [0, 0.1) is 15.9 Å². The highest BCUT2D eigenvalue weighted by atomic mass is 32.1. The first-order valence-electron chi connectivity index (χ1n) is 8.39. The van der Waals surface area contributed by atoms with Crippen LogP contribution in [-0.2, 0) is 6.54 Å². The molecular formula is C18H20FN4O2S+. The summed E-state index contributed by atoms with van der Waals surface area (Å²) in [7, 11) is 0. The zero-order valence-electron chi connectivity index (χ0n) is 14.2. The van der Waals surface area contributed by atoms with Crippen LogP contribution < -0.4 is 10.2 Å². The van der Waals surface area contributed by atoms with E-state index in [1.165, 1.54) is 23.1 Å². The van der Waals surface area contributed by atoms with Gasteiger partial charge in [-0.15, -0.1) is 0 Å². The number of nitrogens with zero attached hydrogens (tertiary/aromatic N) is 2. The minimum Gasteiger partial charge on any atom is -0.338 e. The molecule has 1 heterocycles. The third-order valence-corrected chi connectivity index (χ3v) is 4.77. The van der Waals surface area contributed by atoms with Crippen LogP contribution in [0.15, 0.2) is 48.5 Å². The number of nitro benzene ring substituents is 1. The average Bonchev–Trinajstić information content (AvgIpc) is 2.62. The molecule has 2 N–H and O–H groups in total. The van der Waals surface area contributed by atoms with Gasteiger partial charge in [0.05, 0.1) is 31.1 Å². The minimum absolute atomic E-state index is 0.0298. The van der Waals surface area contributed by atoms with Gasteiger partial charge in [0.2, 0.25) is 0 Å². The van der Waals surface area contributed by atoms with Crippen molar-refractivity contribution in [3.05, 3.63) is 70.0 Å². The summed E-state index contributed by atoms with van der Waals surface area (Å²) >= 11 is 5.44. The Kier molecular flexibility index (Phi) is 5.75. The Balaban J connectivity index is 1.52. The van der Waals surface area contributed by atoms with Crippen LogP contribution in [0.1, 0.15) is 5.56 Å². The van der Waals surface area contributed by atoms with E-state index in [-0.39, 0.29) is 11.5 Å². The molecule has 1 saturated heterocycles. The lowest BCUT2D eigenvalue weighted by Gasteiger charge is -2.33. The van der Waals surface area contributed by atoms with Gasteiger partial charge in [0.1, 0.15) is 12.4 Å². The Morgan fingerprint density at radius 3 is 2.65 bits per heavy atom. The third kappa shape index (κ3) is 4.74. The lowest BCUT2D eigenvalue weighted by Crippen LogP contribution is -3.13. The molecule has 0 unspecified atom stereocenters. The van der Waals surface area contributed by atoms with Crippen molar-refractivity contribution in [3.63, 3.8) is 0 Å². The number of benzene rings is 2. The molecule has 0 bridgehead atoms. The first kappa shape index (κ1) is 18.2. The first-order valence-corrected chi connectivity index (χ1v) is 8.80. The summed E-state index contributed by atoms with van der Waals surface area (Å²) in [6, 6.07) is 13.0. The minimum atomic E-state index is -0.428. The molecular weight excluding hydrogens is 355 g/mol. The molecule has 0 atom stereocenters. The fourth-order valence-electron chi connectivity index (χ4n) is 3.04. The fourth-order valence-corrected chi connectivity index (χ4v) is 3.34. The van der Waals surface area contributed by atoms with Gasteiger partial charge < -0.3 is 15.1 Å². The Morgan fingerprint density at radius 1 is 1.23 bits per heavy atom. The zero-order chi connectivity index (χ0) is 18.5. The fraction of sp³-hybridized carbons (Fsp3) is 0.278. The molecule has 0 saturated carbocycles. The number of rotatable bonds is 4. The lowest BCUT2D eigenvalue weighted by atomic mass is 10.2. The molecule has 1 aliphatic rings. The monoisotopic (exact) mass is 375 g/mol. The summed E-state index contributed by atoms with van der Waals surface area (Å²) in [5.74, 6) is -0.206. The van der Waals surface area contributed by atoms with Crippen molar-refractivity contribution in [2.45, 2.75) is 6.54 Å². The summed E-state index contributed by atoms with van der Waals surface area (Å²) in [6.45, 7) is 4.15. The van der Waals surface area contributed by atoms with Crippen molar-refractivity contribution in [1.29, 1.82) is 0 Å². The van der Waals surface area contributed by atoms with Crippen LogP contribution in [0.4, 0.5) is 15.8 Å². The predicted molar refractivity (Wildman–Crippen MR) is 102 cm³/mol. The van der Waals surface area contributed by atoms with E-state index in [9.17, 15) is 14.5 Å². The summed E-state index contributed by atoms with van der Waals surface area (Å²) in [6.07, 6.45) is 0. The molecule has 0 aliphatic carbocycles. The smallest absolute Gasteiger partial charge is 0.271 e. The van der Waals surface area contributed by atoms with E-state index in [0.29, 0.717) is 10.8 Å². The van der Waals surface area contributed by atoms with E-state index in [1.54, 1.807) is 24.3 Å². The number of nitrogens with one attached hydrogen (secondary N) is 2. The number of halogens is 1. The quantitative estimate of drug-likeness (QED) is 0.485. The van der Waals surface area contributed by atoms with Crippen molar-refractivity contribution in [2.75, 3.05) is 31.5 Å². The van der Waals surface area contributed by atoms with Crippen LogP contribution in [0.2, 0.25) is 0 Å². The van der Waals surface area contributed by atoms with Crippen LogP contribution in [-0.4, -0.2) is 41.1 Å². The van der Waals surface area contributed by atoms with E-state index in [4.69, 9.17) is 12.2 Å². The molecule has 2 aromatic rings. The SMILES string of the molecule is O=[N+]([O-])c1cccc(NC(=S)N2CC[NH+](Cc3cccc(F)c3)CC2)c1. The van der Waals surface area contributed by atoms with E-state index in [2.05, 4.69) is 10.2 Å². The van der Waals surface area contributed by atoms with Gasteiger partial charge in [0, 0.05) is 23.4 Å². The lowest BCUT2D eigenvalue weighted by molar-refractivity contribution is -0.917. The largest absolute Gasteiger partial charge is 0.338 e. The van der Waals surface area contributed by atoms with Gasteiger partial charge in [0.25, 0.3) is 5.69 Å². The zero-order valence-corrected chi connectivity index (χ0v) is 15.0. The van der Waals surface area contributed by atoms with Gasteiger partial charge in [-0.2, -0.15) is 0 Å². The van der Waals surface area contributed by atoms with Gasteiger partial charge in [-0.05, 0) is 30.4 Å². The van der Waals surface area contributed by atoms with E-state index >= 15 is 0 Å². The second-order valence-corrected chi connectivity index (χ2v) is 6.67. The number of nitro groups is 1. The third-order valence-electron chi connectivity index (χ3n) is 4.41. The molecule has 2 aromatic carbocycles. The first-order chi connectivity index (χ1) is 12.5. The summed E-state index contributed by atoms with van der Waals surface area (Å²) < 4.78 is 13.3. The standard InChI is InChI=1S/C18H19FN4O2S/c19-15-4-1-3-14(11-15)13-21-7-9-22(10-8-21)18(26)20-16-5-2-6-17(12-16)23(24)25/h1-6,11-12H,7-10,13H2,(H,20,26)/p+1. The number of quaternary nitrogens is 1. The number of non-ortho nitro benzene ring substituents is 1. The molecule has 26 heavy (non-hydrogen) atoms. The molecule has 0 aromatic heterocycles. The number of hydrogen-bond acceptors (Lipinski definition) is 3. The second-order valence-electron chi connectivity index (χ2n) is 6.28. The molecule has 136 valence electrons. The number of anilines is 1. The normalized spacial score (nSPS) is 14.9. The number of hydrogen-bond donors (Lipinski definition) is 2. The van der Waals surface area contributed by atoms with Crippen molar-refractivity contribution >= 4 is 28.7 Å². The van der Waals surface area contributed by atoms with E-state index < -0.39 is 4.92 Å². The maximum Gasteiger partial charge on any atom is 0.271 e. The molecule has 3 rings (SSSR count). The van der Waals surface area contributed by atoms with Crippen LogP contribution in [0.5, 0.6) is 0 Å². The summed E-state index contributed by atoms with van der Waals surface area (Å²) in [4.78, 5) is 13.9. The van der Waals surface area contributed by atoms with Crippen LogP contribution >= 0.6 is 12.2 Å². The Morgan fingerprint density at radius 2 is 1.96 bits per heavy atom. The van der Waals surface area contributed by atoms with Gasteiger partial charge in [-0.25, -0.2) is 4.39 Å². The maximum absolute atomic E-state index is 13.3. The van der Waals surface area contributed by atoms with E-state index in [0.717, 1.165) is 38.3 Å². The molecule has 1 fully saturated rings. The van der Waals surface area contributed by atoms with Crippen molar-refractivity contribution in [2.24, 2.45) is 0 Å². The molecule has 0 spiro atoms. The second kappa shape index (κ2) is 8.20. The highest BCUT2D eigenvalue weighted by molar-refractivity contribution is 7.80.